The van der Waals surface area contributed by atoms with Crippen LogP contribution in [-0.4, -0.2) is 27.0 Å². The van der Waals surface area contributed by atoms with E-state index in [1.807, 2.05) is 0 Å². The highest BCUT2D eigenvalue weighted by molar-refractivity contribution is 7.90. The number of hydrogen-bond donors (Lipinski definition) is 1. The summed E-state index contributed by atoms with van der Waals surface area (Å²) in [4.78, 5) is 11.6. The lowest BCUT2D eigenvalue weighted by Gasteiger charge is -2.23. The average Bonchev–Trinajstić information content (AvgIpc) is 2.28. The lowest BCUT2D eigenvalue weighted by Crippen LogP contribution is -2.31. The van der Waals surface area contributed by atoms with E-state index in [0.29, 0.717) is 24.3 Å². The van der Waals surface area contributed by atoms with Crippen LogP contribution in [0, 0.1) is 0 Å². The van der Waals surface area contributed by atoms with Crippen LogP contribution in [0.2, 0.25) is 0 Å². The van der Waals surface area contributed by atoms with Crippen molar-refractivity contribution in [1.82, 2.24) is 5.32 Å². The molecular weight excluding hydrogens is 238 g/mol. The van der Waals surface area contributed by atoms with Gasteiger partial charge in [0.2, 0.25) is 0 Å². The van der Waals surface area contributed by atoms with Crippen LogP contribution in [-0.2, 0) is 14.6 Å². The van der Waals surface area contributed by atoms with Gasteiger partial charge in [0, 0.05) is 31.7 Å². The SMILES string of the molecule is CS(=O)(=O)c1ccc(C2CC(=O)CCN2)cc1. The molecular formula is C12H15NO3S. The van der Waals surface area contributed by atoms with Crippen molar-refractivity contribution in [2.45, 2.75) is 23.8 Å². The fraction of sp³-hybridized carbons (Fsp3) is 0.417. The maximum Gasteiger partial charge on any atom is 0.175 e. The Bertz CT molecular complexity index is 519. The molecule has 1 aromatic rings. The first-order valence-electron chi connectivity index (χ1n) is 5.52. The topological polar surface area (TPSA) is 63.2 Å². The Hall–Kier alpha value is -1.20. The van der Waals surface area contributed by atoms with E-state index in [9.17, 15) is 13.2 Å². The van der Waals surface area contributed by atoms with Gasteiger partial charge in [-0.25, -0.2) is 8.42 Å². The van der Waals surface area contributed by atoms with E-state index in [1.54, 1.807) is 24.3 Å². The first-order chi connectivity index (χ1) is 7.97. The van der Waals surface area contributed by atoms with E-state index in [4.69, 9.17) is 0 Å². The van der Waals surface area contributed by atoms with Crippen LogP contribution >= 0.6 is 0 Å². The Labute approximate surface area is 101 Å². The molecule has 2 rings (SSSR count). The number of benzene rings is 1. The zero-order valence-electron chi connectivity index (χ0n) is 9.64. The zero-order chi connectivity index (χ0) is 12.5. The van der Waals surface area contributed by atoms with Gasteiger partial charge in [-0.05, 0) is 17.7 Å². The molecule has 0 bridgehead atoms. The lowest BCUT2D eigenvalue weighted by molar-refractivity contribution is -0.120. The molecule has 0 aliphatic carbocycles. The summed E-state index contributed by atoms with van der Waals surface area (Å²) in [5.41, 5.74) is 0.963. The van der Waals surface area contributed by atoms with Crippen LogP contribution in [0.3, 0.4) is 0 Å². The molecule has 17 heavy (non-hydrogen) atoms. The van der Waals surface area contributed by atoms with Gasteiger partial charge in [-0.3, -0.25) is 4.79 Å². The molecule has 1 unspecified atom stereocenters. The standard InChI is InChI=1S/C12H15NO3S/c1-17(15,16)11-4-2-9(3-5-11)12-8-10(14)6-7-13-12/h2-5,12-13H,6-8H2,1H3. The molecule has 1 aromatic carbocycles. The van der Waals surface area contributed by atoms with Crippen LogP contribution in [0.15, 0.2) is 29.2 Å². The van der Waals surface area contributed by atoms with Crippen molar-refractivity contribution < 1.29 is 13.2 Å². The molecule has 1 aliphatic rings. The second kappa shape index (κ2) is 4.58. The summed E-state index contributed by atoms with van der Waals surface area (Å²) < 4.78 is 22.6. The molecule has 0 saturated carbocycles. The van der Waals surface area contributed by atoms with Crippen LogP contribution in [0.1, 0.15) is 24.4 Å². The molecule has 0 radical (unpaired) electrons. The van der Waals surface area contributed by atoms with Crippen molar-refractivity contribution in [3.8, 4) is 0 Å². The molecule has 0 amide bonds. The summed E-state index contributed by atoms with van der Waals surface area (Å²) in [5, 5.41) is 3.25. The molecule has 0 aromatic heterocycles. The number of nitrogens with one attached hydrogen (secondary N) is 1. The minimum Gasteiger partial charge on any atom is -0.309 e. The molecule has 1 N–H and O–H groups in total. The lowest BCUT2D eigenvalue weighted by atomic mass is 9.97. The number of rotatable bonds is 2. The highest BCUT2D eigenvalue weighted by atomic mass is 32.2. The van der Waals surface area contributed by atoms with E-state index in [-0.39, 0.29) is 11.8 Å². The minimum absolute atomic E-state index is 0.0184. The molecule has 92 valence electrons. The summed E-state index contributed by atoms with van der Waals surface area (Å²) in [6, 6.07) is 6.74. The van der Waals surface area contributed by atoms with Crippen molar-refractivity contribution in [3.63, 3.8) is 0 Å². The van der Waals surface area contributed by atoms with Gasteiger partial charge in [-0.2, -0.15) is 0 Å². The zero-order valence-corrected chi connectivity index (χ0v) is 10.5. The number of Topliss-reactive ketones (excluding diaryl/α,β-unsaturated/α-hetero) is 1. The highest BCUT2D eigenvalue weighted by Crippen LogP contribution is 2.22. The third kappa shape index (κ3) is 2.92. The largest absolute Gasteiger partial charge is 0.309 e. The molecule has 5 heteroatoms. The molecule has 0 spiro atoms. The van der Waals surface area contributed by atoms with Gasteiger partial charge in [0.05, 0.1) is 4.90 Å². The van der Waals surface area contributed by atoms with Gasteiger partial charge in [0.25, 0.3) is 0 Å². The molecule has 1 saturated heterocycles. The van der Waals surface area contributed by atoms with Crippen LogP contribution in [0.25, 0.3) is 0 Å². The van der Waals surface area contributed by atoms with Crippen molar-refractivity contribution in [2.24, 2.45) is 0 Å². The first-order valence-corrected chi connectivity index (χ1v) is 7.41. The number of piperidine rings is 1. The quantitative estimate of drug-likeness (QED) is 0.856. The summed E-state index contributed by atoms with van der Waals surface area (Å²) in [6.45, 7) is 0.692. The van der Waals surface area contributed by atoms with Crippen molar-refractivity contribution in [1.29, 1.82) is 0 Å². The Morgan fingerprint density at radius 3 is 2.41 bits per heavy atom. The summed E-state index contributed by atoms with van der Waals surface area (Å²) in [5.74, 6) is 0.251. The predicted octanol–water partition coefficient (Wildman–Crippen LogP) is 1.08. The second-order valence-corrected chi connectivity index (χ2v) is 6.36. The van der Waals surface area contributed by atoms with Gasteiger partial charge in [-0.1, -0.05) is 12.1 Å². The maximum absolute atomic E-state index is 11.3. The van der Waals surface area contributed by atoms with Crippen molar-refractivity contribution in [2.75, 3.05) is 12.8 Å². The van der Waals surface area contributed by atoms with E-state index in [0.717, 1.165) is 5.56 Å². The van der Waals surface area contributed by atoms with Gasteiger partial charge in [-0.15, -0.1) is 0 Å². The predicted molar refractivity (Wildman–Crippen MR) is 64.5 cm³/mol. The summed E-state index contributed by atoms with van der Waals surface area (Å²) in [6.07, 6.45) is 2.25. The number of ketones is 1. The van der Waals surface area contributed by atoms with E-state index >= 15 is 0 Å². The smallest absolute Gasteiger partial charge is 0.175 e. The van der Waals surface area contributed by atoms with Crippen LogP contribution in [0.4, 0.5) is 0 Å². The third-order valence-corrected chi connectivity index (χ3v) is 4.07. The molecule has 1 aliphatic heterocycles. The second-order valence-electron chi connectivity index (χ2n) is 4.34. The highest BCUT2D eigenvalue weighted by Gasteiger charge is 2.20. The molecule has 1 fully saturated rings. The van der Waals surface area contributed by atoms with Crippen molar-refractivity contribution in [3.05, 3.63) is 29.8 Å². The van der Waals surface area contributed by atoms with E-state index in [1.165, 1.54) is 6.26 Å². The summed E-state index contributed by atoms with van der Waals surface area (Å²) in [7, 11) is -3.15. The van der Waals surface area contributed by atoms with Crippen LogP contribution < -0.4 is 5.32 Å². The number of carbonyl (C=O) groups excluding carboxylic acids is 1. The Morgan fingerprint density at radius 1 is 1.24 bits per heavy atom. The fourth-order valence-corrected chi connectivity index (χ4v) is 2.60. The van der Waals surface area contributed by atoms with Crippen LogP contribution in [0.5, 0.6) is 0 Å². The van der Waals surface area contributed by atoms with Gasteiger partial charge in [0.15, 0.2) is 9.84 Å². The normalized spacial score (nSPS) is 21.5. The van der Waals surface area contributed by atoms with E-state index < -0.39 is 9.84 Å². The monoisotopic (exact) mass is 253 g/mol. The minimum atomic E-state index is -3.15. The number of sulfone groups is 1. The molecule has 1 atom stereocenters. The number of hydrogen-bond acceptors (Lipinski definition) is 4. The Kier molecular flexibility index (Phi) is 3.31. The van der Waals surface area contributed by atoms with E-state index in [2.05, 4.69) is 5.32 Å². The van der Waals surface area contributed by atoms with Gasteiger partial charge < -0.3 is 5.32 Å². The fourth-order valence-electron chi connectivity index (χ4n) is 1.97. The van der Waals surface area contributed by atoms with Gasteiger partial charge >= 0.3 is 0 Å². The Morgan fingerprint density at radius 2 is 1.88 bits per heavy atom. The Balaban J connectivity index is 2.20. The molecule has 1 heterocycles. The first kappa shape index (κ1) is 12.3. The maximum atomic E-state index is 11.3. The van der Waals surface area contributed by atoms with Crippen molar-refractivity contribution >= 4 is 15.6 Å². The average molecular weight is 253 g/mol. The molecule has 4 nitrogen and oxygen atoms in total. The third-order valence-electron chi connectivity index (χ3n) is 2.94. The summed E-state index contributed by atoms with van der Waals surface area (Å²) >= 11 is 0. The van der Waals surface area contributed by atoms with Gasteiger partial charge in [0.1, 0.15) is 5.78 Å². The number of carbonyl (C=O) groups is 1.